The first-order valence-corrected chi connectivity index (χ1v) is 11.0. The lowest BCUT2D eigenvalue weighted by atomic mass is 10.1. The summed E-state index contributed by atoms with van der Waals surface area (Å²) in [6.45, 7) is 6.67. The molecule has 0 radical (unpaired) electrons. The number of amides is 1. The molecule has 0 atom stereocenters. The topological polar surface area (TPSA) is 95.0 Å². The number of ether oxygens (including phenoxy) is 1. The second kappa shape index (κ2) is 9.36. The third-order valence-corrected chi connectivity index (χ3v) is 5.86. The average Bonchev–Trinajstić information content (AvgIpc) is 2.83. The van der Waals surface area contributed by atoms with Gasteiger partial charge >= 0.3 is 5.97 Å². The molecule has 0 aliphatic carbocycles. The molecular formula is C25H28N4O4. The summed E-state index contributed by atoms with van der Waals surface area (Å²) >= 11 is 0. The van der Waals surface area contributed by atoms with Gasteiger partial charge in [0.1, 0.15) is 11.6 Å². The van der Waals surface area contributed by atoms with E-state index < -0.39 is 5.97 Å². The fourth-order valence-electron chi connectivity index (χ4n) is 3.90. The highest BCUT2D eigenvalue weighted by Gasteiger charge is 2.21. The van der Waals surface area contributed by atoms with E-state index in [0.717, 1.165) is 37.6 Å². The number of aromatic nitrogens is 1. The molecule has 4 rings (SSSR count). The number of anilines is 3. The number of hydrogen-bond donors (Lipinski definition) is 2. The number of fused-ring (bicyclic) bond motifs is 1. The van der Waals surface area contributed by atoms with Crippen LogP contribution < -0.4 is 19.9 Å². The van der Waals surface area contributed by atoms with Crippen molar-refractivity contribution in [1.29, 1.82) is 0 Å². The molecule has 0 unspecified atom stereocenters. The third kappa shape index (κ3) is 4.84. The largest absolute Gasteiger partial charge is 0.497 e. The van der Waals surface area contributed by atoms with Gasteiger partial charge in [-0.25, -0.2) is 9.78 Å². The highest BCUT2D eigenvalue weighted by Crippen LogP contribution is 2.28. The normalized spacial score (nSPS) is 13.9. The van der Waals surface area contributed by atoms with Crippen molar-refractivity contribution in [3.63, 3.8) is 0 Å². The molecule has 2 N–H and O–H groups in total. The maximum atomic E-state index is 12.0. The highest BCUT2D eigenvalue weighted by molar-refractivity contribution is 6.05. The predicted molar refractivity (Wildman–Crippen MR) is 130 cm³/mol. The molecule has 1 saturated heterocycles. The number of carbonyl (C=O) groups is 2. The number of nitrogens with zero attached hydrogens (tertiary/aromatic N) is 3. The summed E-state index contributed by atoms with van der Waals surface area (Å²) in [5.41, 5.74) is 2.45. The van der Waals surface area contributed by atoms with Gasteiger partial charge in [-0.05, 0) is 48.5 Å². The summed E-state index contributed by atoms with van der Waals surface area (Å²) in [5, 5.41) is 13.2. The number of carboxylic acid groups (broad SMARTS) is 1. The van der Waals surface area contributed by atoms with Gasteiger partial charge in [-0.3, -0.25) is 4.79 Å². The molecule has 2 heterocycles. The molecule has 1 fully saturated rings. The van der Waals surface area contributed by atoms with Gasteiger partial charge in [0, 0.05) is 48.9 Å². The minimum atomic E-state index is -1.02. The summed E-state index contributed by atoms with van der Waals surface area (Å²) < 4.78 is 5.23. The lowest BCUT2D eigenvalue weighted by Crippen LogP contribution is -2.46. The second-order valence-corrected chi connectivity index (χ2v) is 8.38. The zero-order valence-corrected chi connectivity index (χ0v) is 19.0. The monoisotopic (exact) mass is 448 g/mol. The maximum Gasteiger partial charge on any atom is 0.336 e. The Balaban J connectivity index is 1.55. The fourth-order valence-corrected chi connectivity index (χ4v) is 3.90. The van der Waals surface area contributed by atoms with Crippen LogP contribution >= 0.6 is 0 Å². The molecule has 8 heteroatoms. The number of carbonyl (C=O) groups excluding carboxylic acids is 1. The lowest BCUT2D eigenvalue weighted by Gasteiger charge is -2.37. The van der Waals surface area contributed by atoms with Crippen molar-refractivity contribution in [1.82, 2.24) is 4.98 Å². The Labute approximate surface area is 192 Å². The Kier molecular flexibility index (Phi) is 6.35. The first-order chi connectivity index (χ1) is 15.9. The smallest absolute Gasteiger partial charge is 0.336 e. The quantitative estimate of drug-likeness (QED) is 0.591. The highest BCUT2D eigenvalue weighted by atomic mass is 16.5. The van der Waals surface area contributed by atoms with Crippen LogP contribution in [0.5, 0.6) is 5.75 Å². The summed E-state index contributed by atoms with van der Waals surface area (Å²) in [6, 6.07) is 14.8. The molecule has 1 aliphatic heterocycles. The van der Waals surface area contributed by atoms with E-state index in [1.54, 1.807) is 45.2 Å². The van der Waals surface area contributed by atoms with Gasteiger partial charge in [0.2, 0.25) is 5.91 Å². The number of nitrogens with one attached hydrogen (secondary N) is 1. The van der Waals surface area contributed by atoms with Crippen molar-refractivity contribution in [2.75, 3.05) is 48.4 Å². The van der Waals surface area contributed by atoms with Gasteiger partial charge in [0.05, 0.1) is 18.2 Å². The summed E-state index contributed by atoms with van der Waals surface area (Å²) in [6.07, 6.45) is 0. The van der Waals surface area contributed by atoms with Gasteiger partial charge in [0.25, 0.3) is 0 Å². The van der Waals surface area contributed by atoms with Crippen LogP contribution in [0.15, 0.2) is 48.5 Å². The molecule has 1 aliphatic rings. The molecule has 172 valence electrons. The Morgan fingerprint density at radius 2 is 1.67 bits per heavy atom. The van der Waals surface area contributed by atoms with Gasteiger partial charge in [0.15, 0.2) is 0 Å². The van der Waals surface area contributed by atoms with Crippen LogP contribution in [-0.4, -0.2) is 55.3 Å². The van der Waals surface area contributed by atoms with Crippen molar-refractivity contribution in [2.24, 2.45) is 5.92 Å². The summed E-state index contributed by atoms with van der Waals surface area (Å²) in [5.74, 6) is 0.161. The molecule has 1 amide bonds. The molecule has 3 aromatic rings. The van der Waals surface area contributed by atoms with Crippen molar-refractivity contribution < 1.29 is 19.4 Å². The van der Waals surface area contributed by atoms with Crippen LogP contribution in [0.4, 0.5) is 17.2 Å². The van der Waals surface area contributed by atoms with Gasteiger partial charge in [-0.15, -0.1) is 0 Å². The number of rotatable bonds is 6. The van der Waals surface area contributed by atoms with Gasteiger partial charge in [-0.1, -0.05) is 13.8 Å². The van der Waals surface area contributed by atoms with Crippen LogP contribution in [0.1, 0.15) is 24.2 Å². The van der Waals surface area contributed by atoms with Crippen LogP contribution in [0.2, 0.25) is 0 Å². The van der Waals surface area contributed by atoms with E-state index in [1.165, 1.54) is 0 Å². The zero-order valence-electron chi connectivity index (χ0n) is 19.0. The van der Waals surface area contributed by atoms with E-state index in [0.29, 0.717) is 22.4 Å². The van der Waals surface area contributed by atoms with Crippen molar-refractivity contribution >= 4 is 40.0 Å². The Hall–Kier alpha value is -3.81. The van der Waals surface area contributed by atoms with Crippen LogP contribution in [0, 0.1) is 5.92 Å². The average molecular weight is 449 g/mol. The molecule has 2 aromatic carbocycles. The number of aromatic carboxylic acids is 1. The first kappa shape index (κ1) is 22.4. The van der Waals surface area contributed by atoms with Crippen LogP contribution in [0.25, 0.3) is 10.9 Å². The number of methoxy groups -OCH3 is 1. The molecular weight excluding hydrogens is 420 g/mol. The van der Waals surface area contributed by atoms with Crippen molar-refractivity contribution in [2.45, 2.75) is 13.8 Å². The molecule has 0 spiro atoms. The third-order valence-electron chi connectivity index (χ3n) is 5.86. The molecule has 1 aromatic heterocycles. The minimum Gasteiger partial charge on any atom is -0.497 e. The van der Waals surface area contributed by atoms with E-state index >= 15 is 0 Å². The number of piperazine rings is 1. The van der Waals surface area contributed by atoms with E-state index in [2.05, 4.69) is 15.1 Å². The summed E-state index contributed by atoms with van der Waals surface area (Å²) in [4.78, 5) is 33.2. The molecule has 8 nitrogen and oxygen atoms in total. The van der Waals surface area contributed by atoms with Crippen molar-refractivity contribution in [3.05, 3.63) is 54.1 Å². The summed E-state index contributed by atoms with van der Waals surface area (Å²) in [7, 11) is 1.65. The van der Waals surface area contributed by atoms with Gasteiger partial charge in [-0.2, -0.15) is 0 Å². The lowest BCUT2D eigenvalue weighted by molar-refractivity contribution is -0.118. The Morgan fingerprint density at radius 1 is 1.00 bits per heavy atom. The Bertz CT molecular complexity index is 1170. The first-order valence-electron chi connectivity index (χ1n) is 11.0. The van der Waals surface area contributed by atoms with Crippen LogP contribution in [-0.2, 0) is 4.79 Å². The standard InChI is InChI=1S/C25H28N4O4/c1-16(2)24(30)26-17-4-9-22-20(14-17)21(25(31)32)15-23(27-22)29-12-10-28(11-13-29)18-5-7-19(33-3)8-6-18/h4-9,14-16H,10-13H2,1-3H3,(H,26,30)(H,31,32). The number of pyridine rings is 1. The van der Waals surface area contributed by atoms with E-state index in [4.69, 9.17) is 9.72 Å². The SMILES string of the molecule is COc1ccc(N2CCN(c3cc(C(=O)O)c4cc(NC(=O)C(C)C)ccc4n3)CC2)cc1. The maximum absolute atomic E-state index is 12.0. The van der Waals surface area contributed by atoms with E-state index in [1.807, 2.05) is 24.3 Å². The predicted octanol–water partition coefficient (Wildman–Crippen LogP) is 3.86. The molecule has 0 saturated carbocycles. The van der Waals surface area contributed by atoms with E-state index in [-0.39, 0.29) is 17.4 Å². The molecule has 0 bridgehead atoms. The fraction of sp³-hybridized carbons (Fsp3) is 0.320. The van der Waals surface area contributed by atoms with Crippen LogP contribution in [0.3, 0.4) is 0 Å². The number of benzene rings is 2. The molecule has 33 heavy (non-hydrogen) atoms. The second-order valence-electron chi connectivity index (χ2n) is 8.38. The van der Waals surface area contributed by atoms with Crippen molar-refractivity contribution in [3.8, 4) is 5.75 Å². The van der Waals surface area contributed by atoms with Gasteiger partial charge < -0.3 is 25.0 Å². The Morgan fingerprint density at radius 3 is 2.27 bits per heavy atom. The zero-order chi connectivity index (χ0) is 23.5. The number of hydrogen-bond acceptors (Lipinski definition) is 6. The number of carboxylic acids is 1. The van der Waals surface area contributed by atoms with E-state index in [9.17, 15) is 14.7 Å². The minimum absolute atomic E-state index is 0.120.